The van der Waals surface area contributed by atoms with Gasteiger partial charge in [0.25, 0.3) is 10.0 Å². The Kier molecular flexibility index (Phi) is 5.96. The number of thiophene rings is 1. The molecule has 0 aliphatic carbocycles. The zero-order valence-electron chi connectivity index (χ0n) is 17.5. The molecular formula is C22H18BNO8S2. The molecule has 34 heavy (non-hydrogen) atoms. The normalized spacial score (nSPS) is 13.4. The molecule has 2 aromatic carbocycles. The molecule has 4 aromatic rings. The van der Waals surface area contributed by atoms with Crippen LogP contribution in [0.15, 0.2) is 76.6 Å². The first kappa shape index (κ1) is 22.4. The van der Waals surface area contributed by atoms with E-state index in [1.54, 1.807) is 53.9 Å². The number of aromatic nitrogens is 1. The van der Waals surface area contributed by atoms with E-state index in [0.717, 1.165) is 5.56 Å². The molecule has 0 unspecified atom stereocenters. The van der Waals surface area contributed by atoms with E-state index in [4.69, 9.17) is 29.0 Å². The van der Waals surface area contributed by atoms with Gasteiger partial charge in [-0.3, -0.25) is 0 Å². The van der Waals surface area contributed by atoms with Crippen molar-refractivity contribution in [3.63, 3.8) is 0 Å². The van der Waals surface area contributed by atoms with Gasteiger partial charge in [-0.1, -0.05) is 12.1 Å². The van der Waals surface area contributed by atoms with Gasteiger partial charge in [-0.2, -0.15) is 8.42 Å². The lowest BCUT2D eigenvalue weighted by Crippen LogP contribution is -2.29. The van der Waals surface area contributed by atoms with Crippen LogP contribution >= 0.6 is 11.3 Å². The molecule has 9 nitrogen and oxygen atoms in total. The summed E-state index contributed by atoms with van der Waals surface area (Å²) in [4.78, 5) is 0. The number of ether oxygens (including phenoxy) is 4. The number of hydrogen-bond donors (Lipinski definition) is 2. The Morgan fingerprint density at radius 1 is 0.824 bits per heavy atom. The number of nitrogens with zero attached hydrogens (tertiary/aromatic N) is 1. The van der Waals surface area contributed by atoms with Gasteiger partial charge in [-0.15, -0.1) is 11.3 Å². The van der Waals surface area contributed by atoms with Crippen molar-refractivity contribution in [2.45, 2.75) is 4.21 Å². The summed E-state index contributed by atoms with van der Waals surface area (Å²) < 4.78 is 47.7. The van der Waals surface area contributed by atoms with Gasteiger partial charge in [0.05, 0.1) is 0 Å². The minimum atomic E-state index is -3.58. The minimum Gasteiger partial charge on any atom is -0.454 e. The van der Waals surface area contributed by atoms with E-state index >= 15 is 0 Å². The van der Waals surface area contributed by atoms with Crippen LogP contribution in [0.2, 0.25) is 0 Å². The van der Waals surface area contributed by atoms with Crippen molar-refractivity contribution in [1.29, 1.82) is 0 Å². The Morgan fingerprint density at radius 2 is 1.44 bits per heavy atom. The smallest absolute Gasteiger partial charge is 0.454 e. The van der Waals surface area contributed by atoms with Crippen LogP contribution in [0.4, 0.5) is 0 Å². The molecule has 0 saturated heterocycles. The highest BCUT2D eigenvalue weighted by Gasteiger charge is 2.24. The van der Waals surface area contributed by atoms with Crippen molar-refractivity contribution in [3.05, 3.63) is 72.4 Å². The van der Waals surface area contributed by atoms with E-state index in [1.807, 2.05) is 6.07 Å². The molecule has 0 bridgehead atoms. The number of fused-ring (bicyclic) bond motifs is 2. The van der Waals surface area contributed by atoms with E-state index in [2.05, 4.69) is 0 Å². The van der Waals surface area contributed by atoms with Gasteiger partial charge in [0, 0.05) is 18.0 Å². The number of rotatable bonds is 4. The summed E-state index contributed by atoms with van der Waals surface area (Å²) in [5.74, 6) is 2.50. The van der Waals surface area contributed by atoms with Crippen LogP contribution in [0.1, 0.15) is 0 Å². The van der Waals surface area contributed by atoms with Crippen LogP contribution in [-0.2, 0) is 10.0 Å². The lowest BCUT2D eigenvalue weighted by atomic mass is 9.80. The maximum Gasteiger partial charge on any atom is 0.488 e. The quantitative estimate of drug-likeness (QED) is 0.411. The van der Waals surface area contributed by atoms with Crippen molar-refractivity contribution in [1.82, 2.24) is 3.97 Å². The predicted octanol–water partition coefficient (Wildman–Crippen LogP) is 2.28. The summed E-state index contributed by atoms with van der Waals surface area (Å²) in [5.41, 5.74) is 1.85. The lowest BCUT2D eigenvalue weighted by Gasteiger charge is -2.07. The molecule has 0 amide bonds. The molecule has 2 aromatic heterocycles. The Labute approximate surface area is 199 Å². The molecule has 0 fully saturated rings. The van der Waals surface area contributed by atoms with Crippen molar-refractivity contribution < 1.29 is 37.4 Å². The molecule has 12 heteroatoms. The highest BCUT2D eigenvalue weighted by atomic mass is 32.2. The maximum atomic E-state index is 12.7. The van der Waals surface area contributed by atoms with E-state index in [-0.39, 0.29) is 13.6 Å². The van der Waals surface area contributed by atoms with E-state index in [9.17, 15) is 8.42 Å². The molecular weight excluding hydrogens is 481 g/mol. The lowest BCUT2D eigenvalue weighted by molar-refractivity contribution is 0.173. The fraction of sp³-hybridized carbons (Fsp3) is 0.0909. The Bertz CT molecular complexity index is 1420. The van der Waals surface area contributed by atoms with Crippen LogP contribution in [0.25, 0.3) is 11.1 Å². The third-order valence-electron chi connectivity index (χ3n) is 5.10. The second-order valence-corrected chi connectivity index (χ2v) is 10.1. The summed E-state index contributed by atoms with van der Waals surface area (Å²) in [7, 11) is -5.04. The van der Waals surface area contributed by atoms with Gasteiger partial charge in [-0.25, -0.2) is 3.97 Å². The molecule has 4 heterocycles. The third kappa shape index (κ3) is 4.23. The summed E-state index contributed by atoms with van der Waals surface area (Å²) in [6.07, 6.45) is 3.05. The summed E-state index contributed by atoms with van der Waals surface area (Å²) in [6.45, 7) is 0.386. The molecule has 174 valence electrons. The van der Waals surface area contributed by atoms with Gasteiger partial charge in [0.15, 0.2) is 23.0 Å². The molecule has 2 aliphatic heterocycles. The molecule has 6 rings (SSSR count). The fourth-order valence-electron chi connectivity index (χ4n) is 3.42. The van der Waals surface area contributed by atoms with Crippen LogP contribution in [-0.4, -0.2) is 43.1 Å². The zero-order valence-corrected chi connectivity index (χ0v) is 19.2. The van der Waals surface area contributed by atoms with Crippen molar-refractivity contribution >= 4 is 33.9 Å². The fourth-order valence-corrected chi connectivity index (χ4v) is 6.09. The predicted molar refractivity (Wildman–Crippen MR) is 125 cm³/mol. The largest absolute Gasteiger partial charge is 0.488 e. The first-order valence-electron chi connectivity index (χ1n) is 10.1. The van der Waals surface area contributed by atoms with Gasteiger partial charge in [0.1, 0.15) is 4.21 Å². The molecule has 0 atom stereocenters. The van der Waals surface area contributed by atoms with Crippen LogP contribution in [0.5, 0.6) is 23.0 Å². The van der Waals surface area contributed by atoms with Gasteiger partial charge in [0.2, 0.25) is 13.6 Å². The van der Waals surface area contributed by atoms with Crippen molar-refractivity contribution in [3.8, 4) is 34.1 Å². The highest BCUT2D eigenvalue weighted by molar-refractivity contribution is 7.92. The summed E-state index contributed by atoms with van der Waals surface area (Å²) in [5, 5.41) is 19.4. The Morgan fingerprint density at radius 3 is 2.12 bits per heavy atom. The monoisotopic (exact) mass is 499 g/mol. The molecule has 0 saturated carbocycles. The maximum absolute atomic E-state index is 12.7. The Balaban J connectivity index is 0.000000169. The average Bonchev–Trinajstić information content (AvgIpc) is 3.64. The van der Waals surface area contributed by atoms with E-state index < -0.39 is 17.1 Å². The van der Waals surface area contributed by atoms with E-state index in [0.29, 0.717) is 38.2 Å². The third-order valence-corrected chi connectivity index (χ3v) is 8.21. The van der Waals surface area contributed by atoms with E-state index in [1.165, 1.54) is 27.7 Å². The minimum absolute atomic E-state index is 0.191. The summed E-state index contributed by atoms with van der Waals surface area (Å²) in [6, 6.07) is 15.4. The van der Waals surface area contributed by atoms with Crippen molar-refractivity contribution in [2.24, 2.45) is 0 Å². The first-order valence-corrected chi connectivity index (χ1v) is 12.4. The number of benzene rings is 2. The molecule has 0 spiro atoms. The molecule has 2 N–H and O–H groups in total. The molecule has 2 aliphatic rings. The second-order valence-electron chi connectivity index (χ2n) is 7.19. The standard InChI is InChI=1S/C15H11NO4S2.C7H7BO4/c17-22(18,16-6-1-2-7-16)15-12(5-8-21-15)11-3-4-13-14(9-11)20-10-19-13;9-8(10)5-1-2-6-7(3-5)12-4-11-6/h1-9H,10H2;1-3,9-10H,4H2. The zero-order chi connectivity index (χ0) is 23.7. The molecule has 0 radical (unpaired) electrons. The van der Waals surface area contributed by atoms with Crippen LogP contribution in [0.3, 0.4) is 0 Å². The number of hydrogen-bond acceptors (Lipinski definition) is 9. The van der Waals surface area contributed by atoms with Crippen molar-refractivity contribution in [2.75, 3.05) is 13.6 Å². The topological polar surface area (TPSA) is 116 Å². The SMILES string of the molecule is O=S(=O)(c1sccc1-c1ccc2c(c1)OCO2)n1cccc1.OB(O)c1ccc2c(c1)OCO2. The van der Waals surface area contributed by atoms with Crippen LogP contribution < -0.4 is 24.4 Å². The van der Waals surface area contributed by atoms with Gasteiger partial charge < -0.3 is 29.0 Å². The second kappa shape index (κ2) is 9.07. The highest BCUT2D eigenvalue weighted by Crippen LogP contribution is 2.39. The first-order chi connectivity index (χ1) is 16.4. The van der Waals surface area contributed by atoms with Crippen LogP contribution in [0, 0.1) is 0 Å². The average molecular weight is 499 g/mol. The van der Waals surface area contributed by atoms with Gasteiger partial charge in [-0.05, 0) is 58.9 Å². The van der Waals surface area contributed by atoms with Gasteiger partial charge >= 0.3 is 7.12 Å². The Hall–Kier alpha value is -3.45. The summed E-state index contributed by atoms with van der Waals surface area (Å²) >= 11 is 1.20.